The summed E-state index contributed by atoms with van der Waals surface area (Å²) in [6.45, 7) is 7.21. The summed E-state index contributed by atoms with van der Waals surface area (Å²) in [5.41, 5.74) is 2.72. The van der Waals surface area contributed by atoms with E-state index < -0.39 is 0 Å². The van der Waals surface area contributed by atoms with E-state index in [4.69, 9.17) is 16.6 Å². The zero-order valence-corrected chi connectivity index (χ0v) is 17.9. The second kappa shape index (κ2) is 9.27. The van der Waals surface area contributed by atoms with E-state index in [-0.39, 0.29) is 17.9 Å². The van der Waals surface area contributed by atoms with E-state index in [0.29, 0.717) is 28.6 Å². The van der Waals surface area contributed by atoms with E-state index in [2.05, 4.69) is 16.8 Å². The lowest BCUT2D eigenvalue weighted by Crippen LogP contribution is -2.31. The number of hydrogen-bond acceptors (Lipinski definition) is 3. The molecule has 1 N–H and O–H groups in total. The number of fused-ring (bicyclic) bond motifs is 1. The average Bonchev–Trinajstić information content (AvgIpc) is 3.14. The number of amides is 1. The van der Waals surface area contributed by atoms with E-state index in [1.165, 1.54) is 0 Å². The molecule has 0 spiro atoms. The number of nitrogens with zero attached hydrogens (tertiary/aromatic N) is 3. The van der Waals surface area contributed by atoms with E-state index in [0.717, 1.165) is 37.1 Å². The summed E-state index contributed by atoms with van der Waals surface area (Å²) < 4.78 is 3.63. The maximum Gasteiger partial charge on any atom is 0.262 e. The second-order valence-electron chi connectivity index (χ2n) is 7.16. The van der Waals surface area contributed by atoms with Crippen LogP contribution >= 0.6 is 11.6 Å². The molecule has 0 fully saturated rings. The maximum absolute atomic E-state index is 13.2. The molecule has 0 saturated heterocycles. The molecule has 0 aliphatic rings. The first-order chi connectivity index (χ1) is 14.0. The number of likely N-dealkylation sites (N-methyl/N-ethyl adjacent to an activating group) is 1. The molecule has 2 aromatic heterocycles. The molecule has 2 heterocycles. The van der Waals surface area contributed by atoms with Crippen molar-refractivity contribution in [2.45, 2.75) is 53.0 Å². The van der Waals surface area contributed by atoms with Gasteiger partial charge in [-0.25, -0.2) is 4.98 Å². The van der Waals surface area contributed by atoms with Crippen LogP contribution in [0, 0.1) is 6.92 Å². The number of carbonyl (C=O) groups excluding carboxylic acids is 1. The molecule has 154 valence electrons. The van der Waals surface area contributed by atoms with Gasteiger partial charge >= 0.3 is 0 Å². The summed E-state index contributed by atoms with van der Waals surface area (Å²) in [5.74, 6) is 0.457. The monoisotopic (exact) mass is 414 g/mol. The molecule has 6 nitrogen and oxygen atoms in total. The van der Waals surface area contributed by atoms with Gasteiger partial charge in [0.2, 0.25) is 11.7 Å². The molecule has 0 aliphatic heterocycles. The van der Waals surface area contributed by atoms with Crippen LogP contribution in [0.15, 0.2) is 35.3 Å². The maximum atomic E-state index is 13.2. The van der Waals surface area contributed by atoms with Crippen molar-refractivity contribution in [2.24, 2.45) is 0 Å². The normalized spacial score (nSPS) is 11.2. The first-order valence-corrected chi connectivity index (χ1v) is 10.5. The molecular weight excluding hydrogens is 388 g/mol. The Hall–Kier alpha value is -2.60. The third-order valence-electron chi connectivity index (χ3n) is 5.08. The first kappa shape index (κ1) is 21.1. The number of rotatable bonds is 8. The molecule has 0 bridgehead atoms. The fourth-order valence-electron chi connectivity index (χ4n) is 3.49. The Morgan fingerprint density at radius 1 is 1.17 bits per heavy atom. The van der Waals surface area contributed by atoms with Gasteiger partial charge in [-0.2, -0.15) is 0 Å². The van der Waals surface area contributed by atoms with Gasteiger partial charge in [0.1, 0.15) is 0 Å². The Balaban J connectivity index is 2.15. The highest BCUT2D eigenvalue weighted by Gasteiger charge is 2.19. The van der Waals surface area contributed by atoms with Crippen LogP contribution in [-0.2, 0) is 17.8 Å². The predicted molar refractivity (Wildman–Crippen MR) is 117 cm³/mol. The SMILES string of the molecule is CCCCCn1c(C)c(CC(=O)NCC)c(=O)n2cc(-c3ccc(Cl)cc3)nc12. The van der Waals surface area contributed by atoms with E-state index in [1.807, 2.05) is 26.0 Å². The lowest BCUT2D eigenvalue weighted by atomic mass is 10.1. The quantitative estimate of drug-likeness (QED) is 0.566. The third-order valence-corrected chi connectivity index (χ3v) is 5.34. The van der Waals surface area contributed by atoms with Crippen molar-refractivity contribution in [3.05, 3.63) is 57.1 Å². The van der Waals surface area contributed by atoms with Crippen LogP contribution in [-0.4, -0.2) is 26.4 Å². The van der Waals surface area contributed by atoms with Crippen molar-refractivity contribution in [2.75, 3.05) is 6.54 Å². The van der Waals surface area contributed by atoms with Crippen molar-refractivity contribution in [3.63, 3.8) is 0 Å². The third kappa shape index (κ3) is 4.53. The number of imidazole rings is 1. The molecular formula is C22H27ClN4O2. The van der Waals surface area contributed by atoms with E-state index in [9.17, 15) is 9.59 Å². The molecule has 0 aliphatic carbocycles. The molecule has 1 aromatic carbocycles. The van der Waals surface area contributed by atoms with Gasteiger partial charge in [0.05, 0.1) is 12.1 Å². The summed E-state index contributed by atoms with van der Waals surface area (Å²) in [6.07, 6.45) is 4.99. The Bertz CT molecular complexity index is 1070. The lowest BCUT2D eigenvalue weighted by Gasteiger charge is -2.16. The van der Waals surface area contributed by atoms with E-state index >= 15 is 0 Å². The highest BCUT2D eigenvalue weighted by molar-refractivity contribution is 6.30. The molecule has 29 heavy (non-hydrogen) atoms. The van der Waals surface area contributed by atoms with Crippen LogP contribution in [0.5, 0.6) is 0 Å². The van der Waals surface area contributed by atoms with Crippen LogP contribution in [0.4, 0.5) is 0 Å². The van der Waals surface area contributed by atoms with Crippen molar-refractivity contribution >= 4 is 23.3 Å². The van der Waals surface area contributed by atoms with Gasteiger partial charge in [-0.3, -0.25) is 14.0 Å². The summed E-state index contributed by atoms with van der Waals surface area (Å²) >= 11 is 6.00. The van der Waals surface area contributed by atoms with Crippen molar-refractivity contribution in [1.29, 1.82) is 0 Å². The fourth-order valence-corrected chi connectivity index (χ4v) is 3.62. The van der Waals surface area contributed by atoms with Crippen molar-refractivity contribution in [1.82, 2.24) is 19.3 Å². The van der Waals surface area contributed by atoms with E-state index in [1.54, 1.807) is 22.7 Å². The molecule has 3 rings (SSSR count). The number of halogens is 1. The van der Waals surface area contributed by atoms with Gasteiger partial charge in [-0.15, -0.1) is 0 Å². The average molecular weight is 415 g/mol. The van der Waals surface area contributed by atoms with Gasteiger partial charge in [0, 0.05) is 41.1 Å². The number of aryl methyl sites for hydroxylation is 1. The number of hydrogen-bond donors (Lipinski definition) is 1. The summed E-state index contributed by atoms with van der Waals surface area (Å²) in [7, 11) is 0. The molecule has 0 unspecified atom stereocenters. The van der Waals surface area contributed by atoms with Gasteiger partial charge in [-0.05, 0) is 32.4 Å². The highest BCUT2D eigenvalue weighted by Crippen LogP contribution is 2.22. The Kier molecular flexibility index (Phi) is 6.75. The Labute approximate surface area is 175 Å². The summed E-state index contributed by atoms with van der Waals surface area (Å²) in [5, 5.41) is 3.43. The van der Waals surface area contributed by atoms with Gasteiger partial charge < -0.3 is 9.88 Å². The first-order valence-electron chi connectivity index (χ1n) is 10.1. The largest absolute Gasteiger partial charge is 0.356 e. The predicted octanol–water partition coefficient (Wildman–Crippen LogP) is 3.99. The molecule has 3 aromatic rings. The zero-order valence-electron chi connectivity index (χ0n) is 17.2. The molecule has 0 atom stereocenters. The van der Waals surface area contributed by atoms with Crippen molar-refractivity contribution in [3.8, 4) is 11.3 Å². The fraction of sp³-hybridized carbons (Fsp3) is 0.409. The molecule has 7 heteroatoms. The number of aromatic nitrogens is 3. The topological polar surface area (TPSA) is 68.4 Å². The van der Waals surface area contributed by atoms with Gasteiger partial charge in [0.25, 0.3) is 5.56 Å². The van der Waals surface area contributed by atoms with Crippen LogP contribution in [0.25, 0.3) is 17.0 Å². The van der Waals surface area contributed by atoms with Gasteiger partial charge in [0.15, 0.2) is 0 Å². The standard InChI is InChI=1S/C22H27ClN4O2/c1-4-6-7-12-26-15(3)18(13-20(28)24-5-2)21(29)27-14-19(25-22(26)27)16-8-10-17(23)11-9-16/h8-11,14H,4-7,12-13H2,1-3H3,(H,24,28). The minimum Gasteiger partial charge on any atom is -0.356 e. The smallest absolute Gasteiger partial charge is 0.262 e. The van der Waals surface area contributed by atoms with Crippen LogP contribution in [0.3, 0.4) is 0 Å². The van der Waals surface area contributed by atoms with Crippen LogP contribution < -0.4 is 10.9 Å². The second-order valence-corrected chi connectivity index (χ2v) is 7.60. The van der Waals surface area contributed by atoms with Crippen molar-refractivity contribution < 1.29 is 4.79 Å². The Morgan fingerprint density at radius 3 is 2.55 bits per heavy atom. The molecule has 0 saturated carbocycles. The van der Waals surface area contributed by atoms with Gasteiger partial charge in [-0.1, -0.05) is 43.5 Å². The summed E-state index contributed by atoms with van der Waals surface area (Å²) in [6, 6.07) is 7.39. The number of carbonyl (C=O) groups is 1. The lowest BCUT2D eigenvalue weighted by molar-refractivity contribution is -0.120. The molecule has 1 amide bonds. The van der Waals surface area contributed by atoms with Crippen LogP contribution in [0.2, 0.25) is 5.02 Å². The minimum atomic E-state index is -0.191. The zero-order chi connectivity index (χ0) is 21.0. The number of nitrogens with one attached hydrogen (secondary N) is 1. The highest BCUT2D eigenvalue weighted by atomic mass is 35.5. The number of benzene rings is 1. The summed E-state index contributed by atoms with van der Waals surface area (Å²) in [4.78, 5) is 30.1. The van der Waals surface area contributed by atoms with Crippen LogP contribution in [0.1, 0.15) is 44.4 Å². The molecule has 0 radical (unpaired) electrons. The Morgan fingerprint density at radius 2 is 1.90 bits per heavy atom. The number of unbranched alkanes of at least 4 members (excludes halogenated alkanes) is 2. The minimum absolute atomic E-state index is 0.0662.